The number of nitrogens with one attached hydrogen (secondary N) is 1. The predicted octanol–water partition coefficient (Wildman–Crippen LogP) is 2.68. The lowest BCUT2D eigenvalue weighted by atomic mass is 10.1. The van der Waals surface area contributed by atoms with Gasteiger partial charge in [0.2, 0.25) is 0 Å². The maximum Gasteiger partial charge on any atom is 0.121 e. The number of aromatic nitrogens is 2. The second-order valence-corrected chi connectivity index (χ2v) is 5.76. The van der Waals surface area contributed by atoms with Gasteiger partial charge in [0.05, 0.1) is 7.11 Å². The van der Waals surface area contributed by atoms with E-state index in [1.165, 1.54) is 5.56 Å². The standard InChI is InChI=1S/C15H21N3OS/c1-3-8-16-9-7-14-17-18-15(20-14)11-12-5-4-6-13(10-12)19-2/h4-6,10,16H,3,7-9,11H2,1-2H3. The summed E-state index contributed by atoms with van der Waals surface area (Å²) in [6.07, 6.45) is 2.93. The molecule has 2 rings (SSSR count). The summed E-state index contributed by atoms with van der Waals surface area (Å²) in [5.41, 5.74) is 1.20. The van der Waals surface area contributed by atoms with Gasteiger partial charge in [0.1, 0.15) is 15.8 Å². The molecule has 0 saturated heterocycles. The summed E-state index contributed by atoms with van der Waals surface area (Å²) in [6, 6.07) is 8.09. The zero-order valence-electron chi connectivity index (χ0n) is 12.1. The normalized spacial score (nSPS) is 10.7. The molecule has 1 N–H and O–H groups in total. The van der Waals surface area contributed by atoms with Crippen LogP contribution in [-0.2, 0) is 12.8 Å². The molecular formula is C15H21N3OS. The molecule has 0 radical (unpaired) electrons. The van der Waals surface area contributed by atoms with Crippen LogP contribution in [-0.4, -0.2) is 30.4 Å². The van der Waals surface area contributed by atoms with Crippen molar-refractivity contribution in [1.82, 2.24) is 15.5 Å². The van der Waals surface area contributed by atoms with Gasteiger partial charge in [0.15, 0.2) is 0 Å². The molecule has 108 valence electrons. The Hall–Kier alpha value is -1.46. The number of hydrogen-bond acceptors (Lipinski definition) is 5. The molecule has 20 heavy (non-hydrogen) atoms. The average Bonchev–Trinajstić information content (AvgIpc) is 2.91. The van der Waals surface area contributed by atoms with E-state index in [0.717, 1.165) is 48.1 Å². The van der Waals surface area contributed by atoms with Gasteiger partial charge in [-0.05, 0) is 30.7 Å². The predicted molar refractivity (Wildman–Crippen MR) is 82.6 cm³/mol. The monoisotopic (exact) mass is 291 g/mol. The first-order valence-corrected chi connectivity index (χ1v) is 7.78. The molecule has 1 aromatic carbocycles. The second kappa shape index (κ2) is 7.97. The molecule has 0 fully saturated rings. The fraction of sp³-hybridized carbons (Fsp3) is 0.467. The van der Waals surface area contributed by atoms with Crippen LogP contribution in [0.5, 0.6) is 5.75 Å². The lowest BCUT2D eigenvalue weighted by Crippen LogP contribution is -2.17. The molecule has 0 aliphatic heterocycles. The zero-order valence-corrected chi connectivity index (χ0v) is 12.9. The molecule has 0 atom stereocenters. The van der Waals surface area contributed by atoms with Gasteiger partial charge in [-0.15, -0.1) is 21.5 Å². The Morgan fingerprint density at radius 1 is 1.20 bits per heavy atom. The summed E-state index contributed by atoms with van der Waals surface area (Å²) in [5, 5.41) is 14.1. The van der Waals surface area contributed by atoms with E-state index >= 15 is 0 Å². The van der Waals surface area contributed by atoms with Crippen LogP contribution in [0.15, 0.2) is 24.3 Å². The van der Waals surface area contributed by atoms with Crippen LogP contribution in [0.2, 0.25) is 0 Å². The van der Waals surface area contributed by atoms with Crippen LogP contribution in [0.3, 0.4) is 0 Å². The maximum absolute atomic E-state index is 5.23. The first-order valence-electron chi connectivity index (χ1n) is 6.96. The van der Waals surface area contributed by atoms with Gasteiger partial charge in [-0.2, -0.15) is 0 Å². The molecule has 0 aliphatic rings. The number of ether oxygens (including phenoxy) is 1. The van der Waals surface area contributed by atoms with Gasteiger partial charge < -0.3 is 10.1 Å². The Morgan fingerprint density at radius 2 is 2.05 bits per heavy atom. The summed E-state index contributed by atoms with van der Waals surface area (Å²) in [6.45, 7) is 4.21. The van der Waals surface area contributed by atoms with Crippen molar-refractivity contribution in [3.63, 3.8) is 0 Å². The van der Waals surface area contributed by atoms with Crippen LogP contribution in [0.1, 0.15) is 28.9 Å². The highest BCUT2D eigenvalue weighted by molar-refractivity contribution is 7.11. The van der Waals surface area contributed by atoms with Crippen LogP contribution in [0.25, 0.3) is 0 Å². The SMILES string of the molecule is CCCNCCc1nnc(Cc2cccc(OC)c2)s1. The lowest BCUT2D eigenvalue weighted by molar-refractivity contribution is 0.414. The third-order valence-corrected chi connectivity index (χ3v) is 3.92. The number of methoxy groups -OCH3 is 1. The quantitative estimate of drug-likeness (QED) is 0.760. The Balaban J connectivity index is 1.88. The highest BCUT2D eigenvalue weighted by atomic mass is 32.1. The molecule has 0 bridgehead atoms. The minimum atomic E-state index is 0.817. The topological polar surface area (TPSA) is 47.0 Å². The van der Waals surface area contributed by atoms with Crippen molar-refractivity contribution in [3.05, 3.63) is 39.8 Å². The van der Waals surface area contributed by atoms with Gasteiger partial charge >= 0.3 is 0 Å². The Labute approximate surface area is 124 Å². The lowest BCUT2D eigenvalue weighted by Gasteiger charge is -2.02. The number of benzene rings is 1. The molecule has 0 aliphatic carbocycles. The molecule has 0 saturated carbocycles. The molecule has 2 aromatic rings. The third-order valence-electron chi connectivity index (χ3n) is 2.94. The summed E-state index contributed by atoms with van der Waals surface area (Å²) >= 11 is 1.70. The summed E-state index contributed by atoms with van der Waals surface area (Å²) in [7, 11) is 1.69. The number of rotatable bonds is 8. The van der Waals surface area contributed by atoms with Gasteiger partial charge in [0, 0.05) is 19.4 Å². The second-order valence-electron chi connectivity index (χ2n) is 4.62. The smallest absolute Gasteiger partial charge is 0.121 e. The minimum Gasteiger partial charge on any atom is -0.497 e. The van der Waals surface area contributed by atoms with Crippen molar-refractivity contribution < 1.29 is 4.74 Å². The summed E-state index contributed by atoms with van der Waals surface area (Å²) in [5.74, 6) is 0.885. The van der Waals surface area contributed by atoms with Crippen LogP contribution in [0.4, 0.5) is 0 Å². The molecule has 1 heterocycles. The molecular weight excluding hydrogens is 270 g/mol. The molecule has 1 aromatic heterocycles. The van der Waals surface area contributed by atoms with Crippen LogP contribution >= 0.6 is 11.3 Å². The van der Waals surface area contributed by atoms with Crippen molar-refractivity contribution in [1.29, 1.82) is 0 Å². The number of hydrogen-bond donors (Lipinski definition) is 1. The Kier molecular flexibility index (Phi) is 5.95. The van der Waals surface area contributed by atoms with Crippen molar-refractivity contribution in [2.45, 2.75) is 26.2 Å². The number of nitrogens with zero attached hydrogens (tertiary/aromatic N) is 2. The van der Waals surface area contributed by atoms with Crippen LogP contribution < -0.4 is 10.1 Å². The molecule has 0 spiro atoms. The summed E-state index contributed by atoms with van der Waals surface area (Å²) in [4.78, 5) is 0. The van der Waals surface area contributed by atoms with Crippen molar-refractivity contribution in [3.8, 4) is 5.75 Å². The van der Waals surface area contributed by atoms with Gasteiger partial charge in [-0.25, -0.2) is 0 Å². The van der Waals surface area contributed by atoms with E-state index in [1.54, 1.807) is 18.4 Å². The fourth-order valence-electron chi connectivity index (χ4n) is 1.91. The van der Waals surface area contributed by atoms with Crippen LogP contribution in [0, 0.1) is 0 Å². The fourth-order valence-corrected chi connectivity index (χ4v) is 2.79. The minimum absolute atomic E-state index is 0.817. The van der Waals surface area contributed by atoms with E-state index in [-0.39, 0.29) is 0 Å². The van der Waals surface area contributed by atoms with E-state index in [4.69, 9.17) is 4.74 Å². The maximum atomic E-state index is 5.23. The van der Waals surface area contributed by atoms with Crippen molar-refractivity contribution in [2.24, 2.45) is 0 Å². The third kappa shape index (κ3) is 4.58. The van der Waals surface area contributed by atoms with Crippen molar-refractivity contribution in [2.75, 3.05) is 20.2 Å². The van der Waals surface area contributed by atoms with Gasteiger partial charge in [0.25, 0.3) is 0 Å². The van der Waals surface area contributed by atoms with Gasteiger partial charge in [-0.3, -0.25) is 0 Å². The van der Waals surface area contributed by atoms with E-state index in [0.29, 0.717) is 0 Å². The van der Waals surface area contributed by atoms with E-state index in [9.17, 15) is 0 Å². The molecule has 0 unspecified atom stereocenters. The summed E-state index contributed by atoms with van der Waals surface area (Å²) < 4.78 is 5.23. The van der Waals surface area contributed by atoms with Crippen molar-refractivity contribution >= 4 is 11.3 Å². The largest absolute Gasteiger partial charge is 0.497 e. The Morgan fingerprint density at radius 3 is 2.85 bits per heavy atom. The van der Waals surface area contributed by atoms with Gasteiger partial charge in [-0.1, -0.05) is 19.1 Å². The Bertz CT molecular complexity index is 527. The zero-order chi connectivity index (χ0) is 14.2. The molecule has 0 amide bonds. The highest BCUT2D eigenvalue weighted by Gasteiger charge is 2.05. The molecule has 5 heteroatoms. The molecule has 4 nitrogen and oxygen atoms in total. The van der Waals surface area contributed by atoms with E-state index < -0.39 is 0 Å². The highest BCUT2D eigenvalue weighted by Crippen LogP contribution is 2.18. The van der Waals surface area contributed by atoms with E-state index in [1.807, 2.05) is 18.2 Å². The first kappa shape index (κ1) is 14.9. The first-order chi connectivity index (χ1) is 9.81. The average molecular weight is 291 g/mol. The van der Waals surface area contributed by atoms with E-state index in [2.05, 4.69) is 28.5 Å².